The summed E-state index contributed by atoms with van der Waals surface area (Å²) >= 11 is 3.47. The highest BCUT2D eigenvalue weighted by molar-refractivity contribution is 9.10. The molecule has 0 amide bonds. The van der Waals surface area contributed by atoms with E-state index in [2.05, 4.69) is 40.2 Å². The molecule has 3 heteroatoms. The lowest BCUT2D eigenvalue weighted by Gasteiger charge is -2.44. The second-order valence-corrected chi connectivity index (χ2v) is 7.13. The van der Waals surface area contributed by atoms with Crippen molar-refractivity contribution in [1.82, 2.24) is 0 Å². The summed E-state index contributed by atoms with van der Waals surface area (Å²) in [6.07, 6.45) is 3.93. The first-order valence-corrected chi connectivity index (χ1v) is 8.08. The number of benzene rings is 1. The van der Waals surface area contributed by atoms with Crippen molar-refractivity contribution >= 4 is 27.5 Å². The van der Waals surface area contributed by atoms with Gasteiger partial charge in [0.1, 0.15) is 0 Å². The van der Waals surface area contributed by atoms with E-state index in [1.165, 1.54) is 37.5 Å². The van der Waals surface area contributed by atoms with Crippen molar-refractivity contribution in [3.8, 4) is 0 Å². The Kier molecular flexibility index (Phi) is 2.81. The summed E-state index contributed by atoms with van der Waals surface area (Å²) in [5.41, 5.74) is 3.43. The number of ether oxygens (including phenoxy) is 1. The summed E-state index contributed by atoms with van der Waals surface area (Å²) < 4.78 is 6.11. The third-order valence-corrected chi connectivity index (χ3v) is 5.96. The van der Waals surface area contributed by atoms with E-state index in [0.29, 0.717) is 11.8 Å². The van der Waals surface area contributed by atoms with E-state index in [1.807, 2.05) is 0 Å². The molecule has 2 saturated carbocycles. The molecule has 2 bridgehead atoms. The van der Waals surface area contributed by atoms with Crippen LogP contribution in [0.2, 0.25) is 0 Å². The van der Waals surface area contributed by atoms with Crippen molar-refractivity contribution in [1.29, 1.82) is 0 Å². The van der Waals surface area contributed by atoms with Gasteiger partial charge >= 0.3 is 5.97 Å². The third-order valence-electron chi connectivity index (χ3n) is 5.43. The van der Waals surface area contributed by atoms with E-state index in [-0.39, 0.29) is 5.97 Å². The first-order valence-electron chi connectivity index (χ1n) is 7.29. The van der Waals surface area contributed by atoms with Crippen molar-refractivity contribution in [3.05, 3.63) is 39.9 Å². The van der Waals surface area contributed by atoms with Crippen LogP contribution in [0.5, 0.6) is 0 Å². The fraction of sp³-hybridized carbons (Fsp3) is 0.471. The van der Waals surface area contributed by atoms with Crippen LogP contribution in [0.3, 0.4) is 0 Å². The fourth-order valence-electron chi connectivity index (χ4n) is 4.72. The number of carbonyl (C=O) groups is 1. The summed E-state index contributed by atoms with van der Waals surface area (Å²) in [6.45, 7) is 0. The highest BCUT2D eigenvalue weighted by Crippen LogP contribution is 2.66. The molecule has 3 aliphatic carbocycles. The Labute approximate surface area is 127 Å². The summed E-state index contributed by atoms with van der Waals surface area (Å²) in [5, 5.41) is 0. The first-order chi connectivity index (χ1) is 9.70. The molecule has 0 spiro atoms. The van der Waals surface area contributed by atoms with E-state index in [1.54, 1.807) is 0 Å². The Balaban J connectivity index is 1.81. The first kappa shape index (κ1) is 12.6. The molecule has 0 heterocycles. The minimum Gasteiger partial charge on any atom is -0.466 e. The lowest BCUT2D eigenvalue weighted by Crippen LogP contribution is -2.38. The van der Waals surface area contributed by atoms with Gasteiger partial charge in [-0.25, -0.2) is 4.79 Å². The highest BCUT2D eigenvalue weighted by Gasteiger charge is 2.58. The van der Waals surface area contributed by atoms with Crippen LogP contribution in [0.4, 0.5) is 0 Å². The van der Waals surface area contributed by atoms with E-state index < -0.39 is 0 Å². The van der Waals surface area contributed by atoms with Gasteiger partial charge in [0.15, 0.2) is 0 Å². The number of hydrogen-bond donors (Lipinski definition) is 0. The Hall–Kier alpha value is -1.09. The maximum absolute atomic E-state index is 12.2. The molecule has 1 aromatic rings. The van der Waals surface area contributed by atoms with Gasteiger partial charge in [-0.05, 0) is 60.3 Å². The van der Waals surface area contributed by atoms with Crippen LogP contribution < -0.4 is 0 Å². The molecule has 4 atom stereocenters. The van der Waals surface area contributed by atoms with Gasteiger partial charge < -0.3 is 4.74 Å². The van der Waals surface area contributed by atoms with Gasteiger partial charge in [-0.15, -0.1) is 0 Å². The van der Waals surface area contributed by atoms with Gasteiger partial charge in [-0.3, -0.25) is 0 Å². The molecule has 0 radical (unpaired) electrons. The lowest BCUT2D eigenvalue weighted by molar-refractivity contribution is -0.137. The predicted molar refractivity (Wildman–Crippen MR) is 80.9 cm³/mol. The summed E-state index contributed by atoms with van der Waals surface area (Å²) in [7, 11) is 1.50. The molecule has 2 nitrogen and oxygen atoms in total. The average molecular weight is 333 g/mol. The standard InChI is InChI=1S/C17H17BrO2/c1-20-17(19)16-13(9-4-6-12(18)7-5-9)14-10-2-3-11(8-10)15(14)16/h4-7,10-11,14-15H,2-3,8H2,1H3/t10-,11+,14-,15-/m1/s1. The molecule has 0 aliphatic heterocycles. The molecular formula is C17H17BrO2. The van der Waals surface area contributed by atoms with Crippen molar-refractivity contribution in [3.63, 3.8) is 0 Å². The highest BCUT2D eigenvalue weighted by atomic mass is 79.9. The molecular weight excluding hydrogens is 316 g/mol. The lowest BCUT2D eigenvalue weighted by atomic mass is 9.59. The smallest absolute Gasteiger partial charge is 0.334 e. The molecule has 20 heavy (non-hydrogen) atoms. The van der Waals surface area contributed by atoms with Crippen molar-refractivity contribution in [2.45, 2.75) is 19.3 Å². The van der Waals surface area contributed by atoms with Crippen LogP contribution in [-0.4, -0.2) is 13.1 Å². The largest absolute Gasteiger partial charge is 0.466 e. The van der Waals surface area contributed by atoms with Crippen molar-refractivity contribution in [2.75, 3.05) is 7.11 Å². The Morgan fingerprint density at radius 2 is 1.80 bits per heavy atom. The number of methoxy groups -OCH3 is 1. The molecule has 3 aliphatic rings. The van der Waals surface area contributed by atoms with Crippen molar-refractivity contribution < 1.29 is 9.53 Å². The minimum absolute atomic E-state index is 0.114. The molecule has 0 aromatic heterocycles. The molecule has 4 rings (SSSR count). The number of hydrogen-bond acceptors (Lipinski definition) is 2. The number of carbonyl (C=O) groups excluding carboxylic acids is 1. The summed E-state index contributed by atoms with van der Waals surface area (Å²) in [6, 6.07) is 8.34. The van der Waals surface area contributed by atoms with Crippen LogP contribution in [0, 0.1) is 23.7 Å². The second kappa shape index (κ2) is 4.45. The third kappa shape index (κ3) is 1.59. The van der Waals surface area contributed by atoms with Gasteiger partial charge in [0.2, 0.25) is 0 Å². The minimum atomic E-state index is -0.114. The second-order valence-electron chi connectivity index (χ2n) is 6.21. The van der Waals surface area contributed by atoms with E-state index in [4.69, 9.17) is 4.74 Å². The molecule has 0 N–H and O–H groups in total. The van der Waals surface area contributed by atoms with E-state index in [9.17, 15) is 4.79 Å². The molecule has 0 saturated heterocycles. The number of fused-ring (bicyclic) bond motifs is 5. The zero-order valence-electron chi connectivity index (χ0n) is 11.4. The van der Waals surface area contributed by atoms with Crippen molar-refractivity contribution in [2.24, 2.45) is 23.7 Å². The Bertz CT molecular complexity index is 602. The Morgan fingerprint density at radius 3 is 2.45 bits per heavy atom. The maximum atomic E-state index is 12.2. The summed E-state index contributed by atoms with van der Waals surface area (Å²) in [5.74, 6) is 2.47. The monoisotopic (exact) mass is 332 g/mol. The SMILES string of the molecule is COC(=O)C1=C(c2ccc(Br)cc2)[C@H]2[C@@H]3CC[C@@H](C3)[C@@H]12. The zero-order valence-corrected chi connectivity index (χ0v) is 13.0. The van der Waals surface area contributed by atoms with Crippen LogP contribution in [0.15, 0.2) is 34.3 Å². The number of rotatable bonds is 2. The summed E-state index contributed by atoms with van der Waals surface area (Å²) in [4.78, 5) is 12.2. The topological polar surface area (TPSA) is 26.3 Å². The normalized spacial score (nSPS) is 33.9. The average Bonchev–Trinajstić information content (AvgIpc) is 2.99. The Morgan fingerprint density at radius 1 is 1.15 bits per heavy atom. The van der Waals surface area contributed by atoms with Gasteiger partial charge in [-0.2, -0.15) is 0 Å². The van der Waals surface area contributed by atoms with Gasteiger partial charge in [-0.1, -0.05) is 28.1 Å². The number of halogens is 1. The van der Waals surface area contributed by atoms with Gasteiger partial charge in [0, 0.05) is 16.0 Å². The maximum Gasteiger partial charge on any atom is 0.334 e. The van der Waals surface area contributed by atoms with Gasteiger partial charge in [0.05, 0.1) is 7.11 Å². The van der Waals surface area contributed by atoms with E-state index >= 15 is 0 Å². The number of esters is 1. The van der Waals surface area contributed by atoms with Crippen LogP contribution >= 0.6 is 15.9 Å². The van der Waals surface area contributed by atoms with E-state index in [0.717, 1.165) is 21.9 Å². The number of allylic oxidation sites excluding steroid dienone is 1. The van der Waals surface area contributed by atoms with Gasteiger partial charge in [0.25, 0.3) is 0 Å². The molecule has 0 unspecified atom stereocenters. The molecule has 2 fully saturated rings. The predicted octanol–water partition coefficient (Wildman–Crippen LogP) is 4.05. The molecule has 1 aromatic carbocycles. The molecule has 104 valence electrons. The van der Waals surface area contributed by atoms with Crippen LogP contribution in [-0.2, 0) is 9.53 Å². The zero-order chi connectivity index (χ0) is 13.9. The quantitative estimate of drug-likeness (QED) is 0.763. The van der Waals surface area contributed by atoms with Crippen LogP contribution in [0.25, 0.3) is 5.57 Å². The van der Waals surface area contributed by atoms with Crippen LogP contribution in [0.1, 0.15) is 24.8 Å². The fourth-order valence-corrected chi connectivity index (χ4v) is 4.98.